The Morgan fingerprint density at radius 1 is 0.607 bits per heavy atom. The van der Waals surface area contributed by atoms with Crippen molar-refractivity contribution in [1.82, 2.24) is 5.32 Å². The molecule has 0 radical (unpaired) electrons. The van der Waals surface area contributed by atoms with Crippen LogP contribution in [0, 0.1) is 5.92 Å². The van der Waals surface area contributed by atoms with E-state index < -0.39 is 74.2 Å². The Morgan fingerprint density at radius 3 is 1.48 bits per heavy atom. The van der Waals surface area contributed by atoms with Crippen molar-refractivity contribution in [3.8, 4) is 0 Å². The Bertz CT molecular complexity index is 897. The molecule has 1 heterocycles. The van der Waals surface area contributed by atoms with E-state index in [-0.39, 0.29) is 6.42 Å². The van der Waals surface area contributed by atoms with Gasteiger partial charge in [0.2, 0.25) is 5.91 Å². The number of unbranched alkanes of at least 4 members (excludes halogenated alkanes) is 23. The van der Waals surface area contributed by atoms with E-state index >= 15 is 0 Å². The van der Waals surface area contributed by atoms with Crippen LogP contribution in [0.2, 0.25) is 0 Å². The normalized spacial score (nSPS) is 22.8. The summed E-state index contributed by atoms with van der Waals surface area (Å²) in [5.41, 5.74) is 0. The summed E-state index contributed by atoms with van der Waals surface area (Å²) in [5, 5.41) is 75.6. The predicted molar refractivity (Wildman–Crippen MR) is 224 cm³/mol. The average Bonchev–Trinajstić information content (AvgIpc) is 3.20. The fourth-order valence-electron chi connectivity index (χ4n) is 7.65. The highest BCUT2D eigenvalue weighted by Gasteiger charge is 2.44. The van der Waals surface area contributed by atoms with E-state index in [0.29, 0.717) is 19.3 Å². The molecule has 56 heavy (non-hydrogen) atoms. The highest BCUT2D eigenvalue weighted by atomic mass is 16.7. The molecule has 1 fully saturated rings. The second-order valence-electron chi connectivity index (χ2n) is 17.1. The van der Waals surface area contributed by atoms with Crippen molar-refractivity contribution >= 4 is 5.91 Å². The van der Waals surface area contributed by atoms with Crippen LogP contribution in [0.3, 0.4) is 0 Å². The summed E-state index contributed by atoms with van der Waals surface area (Å²) in [4.78, 5) is 13.1. The van der Waals surface area contributed by atoms with Crippen LogP contribution < -0.4 is 5.32 Å². The maximum atomic E-state index is 13.1. The van der Waals surface area contributed by atoms with Crippen LogP contribution in [-0.4, -0.2) is 110 Å². The molecule has 1 aliphatic heterocycles. The summed E-state index contributed by atoms with van der Waals surface area (Å²) in [5.74, 6) is 0.0831. The Balaban J connectivity index is 2.42. The number of carbonyl (C=O) groups is 1. The lowest BCUT2D eigenvalue weighted by Gasteiger charge is -2.40. The van der Waals surface area contributed by atoms with E-state index in [1.54, 1.807) is 0 Å². The molecule has 10 atom stereocenters. The van der Waals surface area contributed by atoms with Crippen molar-refractivity contribution < 1.29 is 50.0 Å². The number of amides is 1. The van der Waals surface area contributed by atoms with Crippen molar-refractivity contribution in [1.29, 1.82) is 0 Å². The van der Waals surface area contributed by atoms with Crippen LogP contribution in [-0.2, 0) is 14.3 Å². The lowest BCUT2D eigenvalue weighted by atomic mass is 9.98. The maximum absolute atomic E-state index is 13.1. The van der Waals surface area contributed by atoms with Crippen LogP contribution in [0.5, 0.6) is 0 Å². The molecule has 1 amide bonds. The Kier molecular flexibility index (Phi) is 33.1. The second kappa shape index (κ2) is 34.9. The highest BCUT2D eigenvalue weighted by molar-refractivity contribution is 5.80. The molecule has 0 aromatic heterocycles. The van der Waals surface area contributed by atoms with Crippen LogP contribution in [0.1, 0.15) is 207 Å². The number of ether oxygens (including phenoxy) is 2. The zero-order valence-corrected chi connectivity index (χ0v) is 36.0. The number of hydrogen-bond donors (Lipinski definition) is 8. The Morgan fingerprint density at radius 2 is 1.04 bits per heavy atom. The summed E-state index contributed by atoms with van der Waals surface area (Å²) in [6, 6.07) is -1.16. The van der Waals surface area contributed by atoms with E-state index in [9.17, 15) is 40.5 Å². The van der Waals surface area contributed by atoms with E-state index in [2.05, 4.69) is 26.1 Å². The van der Waals surface area contributed by atoms with Gasteiger partial charge in [0.15, 0.2) is 6.29 Å². The minimum Gasteiger partial charge on any atom is -0.394 e. The molecule has 0 bridgehead atoms. The van der Waals surface area contributed by atoms with Crippen molar-refractivity contribution in [2.24, 2.45) is 5.92 Å². The van der Waals surface area contributed by atoms with Gasteiger partial charge in [-0.25, -0.2) is 0 Å². The molecule has 8 N–H and O–H groups in total. The first kappa shape index (κ1) is 53.1. The lowest BCUT2D eigenvalue weighted by molar-refractivity contribution is -0.303. The summed E-state index contributed by atoms with van der Waals surface area (Å²) in [6.45, 7) is 5.74. The van der Waals surface area contributed by atoms with Gasteiger partial charge in [0, 0.05) is 0 Å². The van der Waals surface area contributed by atoms with Crippen molar-refractivity contribution in [2.75, 3.05) is 13.2 Å². The molecule has 0 aromatic rings. The van der Waals surface area contributed by atoms with Gasteiger partial charge in [0.25, 0.3) is 0 Å². The van der Waals surface area contributed by atoms with Gasteiger partial charge in [0.05, 0.1) is 25.4 Å². The minimum atomic E-state index is -1.66. The number of nitrogens with one attached hydrogen (secondary N) is 1. The number of aliphatic hydroxyl groups excluding tert-OH is 7. The van der Waals surface area contributed by atoms with E-state index in [4.69, 9.17) is 9.47 Å². The van der Waals surface area contributed by atoms with E-state index in [1.165, 1.54) is 122 Å². The minimum absolute atomic E-state index is 0.265. The Labute approximate surface area is 341 Å². The molecule has 1 rings (SSSR count). The van der Waals surface area contributed by atoms with Gasteiger partial charge in [0.1, 0.15) is 36.6 Å². The van der Waals surface area contributed by atoms with Gasteiger partial charge in [-0.2, -0.15) is 0 Å². The smallest absolute Gasteiger partial charge is 0.249 e. The first-order valence-corrected chi connectivity index (χ1v) is 23.3. The molecule has 334 valence electrons. The molecule has 0 saturated carbocycles. The van der Waals surface area contributed by atoms with Crippen molar-refractivity contribution in [3.05, 3.63) is 0 Å². The molecule has 11 heteroatoms. The first-order chi connectivity index (χ1) is 27.1. The lowest BCUT2D eigenvalue weighted by Crippen LogP contribution is -2.60. The summed E-state index contributed by atoms with van der Waals surface area (Å²) in [7, 11) is 0. The van der Waals surface area contributed by atoms with Crippen LogP contribution >= 0.6 is 0 Å². The highest BCUT2D eigenvalue weighted by Crippen LogP contribution is 2.23. The van der Waals surface area contributed by atoms with Crippen molar-refractivity contribution in [2.45, 2.75) is 262 Å². The van der Waals surface area contributed by atoms with E-state index in [0.717, 1.165) is 44.4 Å². The van der Waals surface area contributed by atoms with Gasteiger partial charge in [-0.3, -0.25) is 4.79 Å². The quantitative estimate of drug-likeness (QED) is 0.0293. The summed E-state index contributed by atoms with van der Waals surface area (Å²) in [6.07, 6.45) is 21.6. The number of hydrogen-bond acceptors (Lipinski definition) is 10. The van der Waals surface area contributed by atoms with Crippen molar-refractivity contribution in [3.63, 3.8) is 0 Å². The standard InChI is InChI=1S/C45H89NO10/c1-4-6-7-8-9-10-11-12-13-14-15-16-17-18-19-22-26-29-32-38(49)44(54)46-36(34-55-45-43(53)42(52)41(51)39(33-47)56-45)40(50)37(48)31-28-25-23-20-21-24-27-30-35(3)5-2/h35-43,45,47-53H,4-34H2,1-3H3,(H,46,54)/t35?,36-,37+,38+,39+,40-,41+,42-,43+,45+/m0/s1. The fraction of sp³-hybridized carbons (Fsp3) is 0.978. The number of aliphatic hydroxyl groups is 7. The largest absolute Gasteiger partial charge is 0.394 e. The zero-order chi connectivity index (χ0) is 41.4. The molecule has 0 aromatic carbocycles. The summed E-state index contributed by atoms with van der Waals surface area (Å²) >= 11 is 0. The van der Waals surface area contributed by atoms with Gasteiger partial charge < -0.3 is 50.5 Å². The zero-order valence-electron chi connectivity index (χ0n) is 36.0. The molecule has 11 nitrogen and oxygen atoms in total. The van der Waals surface area contributed by atoms with Gasteiger partial charge in [-0.05, 0) is 18.8 Å². The van der Waals surface area contributed by atoms with Crippen LogP contribution in [0.25, 0.3) is 0 Å². The third-order valence-electron chi connectivity index (χ3n) is 12.0. The summed E-state index contributed by atoms with van der Waals surface area (Å²) < 4.78 is 11.1. The van der Waals surface area contributed by atoms with Gasteiger partial charge in [-0.1, -0.05) is 194 Å². The molecule has 0 aliphatic carbocycles. The Hall–Kier alpha value is -0.890. The average molecular weight is 804 g/mol. The third-order valence-corrected chi connectivity index (χ3v) is 12.0. The molecular formula is C45H89NO10. The van der Waals surface area contributed by atoms with Gasteiger partial charge >= 0.3 is 0 Å². The molecule has 1 aliphatic rings. The second-order valence-corrected chi connectivity index (χ2v) is 17.1. The molecule has 1 unspecified atom stereocenters. The number of rotatable bonds is 38. The molecule has 0 spiro atoms. The SMILES string of the molecule is CCCCCCCCCCCCCCCCCCCC[C@@H](O)C(=O)N[C@@H](CO[C@@H]1O[C@H](CO)[C@@H](O)[C@H](O)[C@H]1O)[C@H](O)[C@H](O)CCCCCCCCCC(C)CC. The first-order valence-electron chi connectivity index (χ1n) is 23.3. The number of carbonyl (C=O) groups excluding carboxylic acids is 1. The third kappa shape index (κ3) is 24.9. The predicted octanol–water partition coefficient (Wildman–Crippen LogP) is 7.36. The molecule has 1 saturated heterocycles. The monoisotopic (exact) mass is 804 g/mol. The topological polar surface area (TPSA) is 189 Å². The van der Waals surface area contributed by atoms with Crippen LogP contribution in [0.15, 0.2) is 0 Å². The van der Waals surface area contributed by atoms with Gasteiger partial charge in [-0.15, -0.1) is 0 Å². The fourth-order valence-corrected chi connectivity index (χ4v) is 7.65. The van der Waals surface area contributed by atoms with E-state index in [1.807, 2.05) is 0 Å². The maximum Gasteiger partial charge on any atom is 0.249 e. The molecular weight excluding hydrogens is 714 g/mol. The van der Waals surface area contributed by atoms with Crippen LogP contribution in [0.4, 0.5) is 0 Å².